The lowest BCUT2D eigenvalue weighted by Crippen LogP contribution is -2.49. The summed E-state index contributed by atoms with van der Waals surface area (Å²) < 4.78 is 33.4. The third kappa shape index (κ3) is 6.61. The van der Waals surface area contributed by atoms with Crippen molar-refractivity contribution in [3.8, 4) is 0 Å². The number of carbonyl (C=O) groups excluding carboxylic acids is 1. The van der Waals surface area contributed by atoms with Crippen LogP contribution < -0.4 is 10.0 Å². The molecule has 3 atom stereocenters. The highest BCUT2D eigenvalue weighted by Gasteiger charge is 2.31. The van der Waals surface area contributed by atoms with Crippen LogP contribution in [0.2, 0.25) is 0 Å². The molecular formula is C21H31N3O5S. The van der Waals surface area contributed by atoms with Crippen LogP contribution in [0.5, 0.6) is 0 Å². The summed E-state index contributed by atoms with van der Waals surface area (Å²) in [4.78, 5) is 14.7. The molecule has 3 N–H and O–H groups in total. The van der Waals surface area contributed by atoms with E-state index in [4.69, 9.17) is 4.74 Å². The number of nitrogens with zero attached hydrogens (tertiary/aromatic N) is 1. The highest BCUT2D eigenvalue weighted by Crippen LogP contribution is 2.18. The number of hydrogen-bond acceptors (Lipinski definition) is 6. The number of rotatable bonds is 9. The molecule has 2 aliphatic rings. The Labute approximate surface area is 178 Å². The summed E-state index contributed by atoms with van der Waals surface area (Å²) in [5.74, 6) is -0.123. The van der Waals surface area contributed by atoms with Crippen molar-refractivity contribution in [1.82, 2.24) is 14.9 Å². The molecule has 0 spiro atoms. The van der Waals surface area contributed by atoms with E-state index in [9.17, 15) is 18.3 Å². The second-order valence-corrected chi connectivity index (χ2v) is 9.41. The average molecular weight is 438 g/mol. The molecule has 3 rings (SSSR count). The van der Waals surface area contributed by atoms with Gasteiger partial charge in [-0.3, -0.25) is 4.79 Å². The van der Waals surface area contributed by atoms with Crippen LogP contribution in [0.15, 0.2) is 47.4 Å². The second-order valence-electron chi connectivity index (χ2n) is 7.70. The minimum absolute atomic E-state index is 0.123. The number of likely N-dealkylation sites (tertiary alicyclic amines) is 1. The van der Waals surface area contributed by atoms with Gasteiger partial charge in [0.15, 0.2) is 0 Å². The van der Waals surface area contributed by atoms with Crippen molar-refractivity contribution in [3.63, 3.8) is 0 Å². The third-order valence-corrected chi connectivity index (χ3v) is 6.87. The second kappa shape index (κ2) is 11.0. The molecule has 9 heteroatoms. The molecule has 0 saturated carbocycles. The number of hydrogen-bond donors (Lipinski definition) is 3. The van der Waals surface area contributed by atoms with Gasteiger partial charge < -0.3 is 20.1 Å². The predicted octanol–water partition coefficient (Wildman–Crippen LogP) is 0.642. The molecule has 1 amide bonds. The number of benzene rings is 1. The molecule has 8 nitrogen and oxygen atoms in total. The van der Waals surface area contributed by atoms with Gasteiger partial charge in [0.1, 0.15) is 6.10 Å². The molecule has 0 bridgehead atoms. The largest absolute Gasteiger partial charge is 0.394 e. The normalized spacial score (nSPS) is 25.2. The van der Waals surface area contributed by atoms with E-state index in [1.165, 1.54) is 31.4 Å². The summed E-state index contributed by atoms with van der Waals surface area (Å²) in [5, 5.41) is 12.6. The van der Waals surface area contributed by atoms with Gasteiger partial charge in [0.2, 0.25) is 15.9 Å². The Bertz CT molecular complexity index is 809. The van der Waals surface area contributed by atoms with Crippen LogP contribution in [0.4, 0.5) is 0 Å². The molecule has 1 aromatic carbocycles. The van der Waals surface area contributed by atoms with Gasteiger partial charge in [-0.15, -0.1) is 0 Å². The van der Waals surface area contributed by atoms with E-state index < -0.39 is 28.3 Å². The molecule has 0 unspecified atom stereocenters. The van der Waals surface area contributed by atoms with E-state index in [-0.39, 0.29) is 23.8 Å². The topological polar surface area (TPSA) is 108 Å². The number of aliphatic hydroxyl groups excluding tert-OH is 1. The van der Waals surface area contributed by atoms with Crippen molar-refractivity contribution in [2.75, 3.05) is 32.8 Å². The molecular weight excluding hydrogens is 406 g/mol. The molecule has 30 heavy (non-hydrogen) atoms. The lowest BCUT2D eigenvalue weighted by atomic mass is 10.1. The SMILES string of the molecule is O=C(C[C@@H]1C=C[C@H](NS(=O)(=O)c2ccccc2)[C@H](CO)O1)NCCN1CCCCC1. The molecule has 0 aliphatic carbocycles. The van der Waals surface area contributed by atoms with Gasteiger partial charge in [-0.05, 0) is 38.1 Å². The van der Waals surface area contributed by atoms with Gasteiger partial charge >= 0.3 is 0 Å². The number of amides is 1. The Balaban J connectivity index is 1.48. The van der Waals surface area contributed by atoms with Crippen LogP contribution in [0, 0.1) is 0 Å². The first-order valence-corrected chi connectivity index (χ1v) is 12.0. The average Bonchev–Trinajstić information content (AvgIpc) is 2.76. The van der Waals surface area contributed by atoms with E-state index in [0.717, 1.165) is 19.6 Å². The van der Waals surface area contributed by atoms with Gasteiger partial charge in [-0.25, -0.2) is 13.1 Å². The van der Waals surface area contributed by atoms with Crippen molar-refractivity contribution < 1.29 is 23.1 Å². The molecule has 0 radical (unpaired) electrons. The molecule has 1 aromatic rings. The standard InChI is InChI=1S/C21H31N3O5S/c25-16-20-19(23-30(27,28)18-7-3-1-4-8-18)10-9-17(29-20)15-21(26)22-11-14-24-12-5-2-6-13-24/h1,3-4,7-10,17,19-20,23,25H,2,5-6,11-16H2,(H,22,26)/t17-,19-,20-/m0/s1. The highest BCUT2D eigenvalue weighted by atomic mass is 32.2. The van der Waals surface area contributed by atoms with E-state index in [1.54, 1.807) is 30.4 Å². The van der Waals surface area contributed by atoms with Crippen LogP contribution >= 0.6 is 0 Å². The molecule has 0 aromatic heterocycles. The van der Waals surface area contributed by atoms with Crippen molar-refractivity contribution in [1.29, 1.82) is 0 Å². The van der Waals surface area contributed by atoms with Crippen LogP contribution in [-0.4, -0.2) is 75.4 Å². The maximum absolute atomic E-state index is 12.5. The highest BCUT2D eigenvalue weighted by molar-refractivity contribution is 7.89. The lowest BCUT2D eigenvalue weighted by molar-refractivity contribution is -0.125. The maximum atomic E-state index is 12.5. The number of ether oxygens (including phenoxy) is 1. The van der Waals surface area contributed by atoms with Crippen molar-refractivity contribution in [2.45, 2.75) is 48.8 Å². The number of sulfonamides is 1. The fourth-order valence-corrected chi connectivity index (χ4v) is 4.99. The first kappa shape index (κ1) is 22.9. The number of aliphatic hydroxyl groups is 1. The van der Waals surface area contributed by atoms with Crippen molar-refractivity contribution in [2.24, 2.45) is 0 Å². The fraction of sp³-hybridized carbons (Fsp3) is 0.571. The first-order chi connectivity index (χ1) is 14.5. The molecule has 1 fully saturated rings. The smallest absolute Gasteiger partial charge is 0.241 e. The molecule has 1 saturated heterocycles. The third-order valence-electron chi connectivity index (χ3n) is 5.39. The molecule has 2 aliphatic heterocycles. The Hall–Kier alpha value is -1.78. The number of piperidine rings is 1. The molecule has 166 valence electrons. The Morgan fingerprint density at radius 3 is 2.57 bits per heavy atom. The number of carbonyl (C=O) groups is 1. The Kier molecular flexibility index (Phi) is 8.41. The summed E-state index contributed by atoms with van der Waals surface area (Å²) in [6, 6.07) is 7.32. The van der Waals surface area contributed by atoms with Crippen molar-refractivity contribution >= 4 is 15.9 Å². The van der Waals surface area contributed by atoms with Gasteiger partial charge in [-0.2, -0.15) is 0 Å². The van der Waals surface area contributed by atoms with Crippen molar-refractivity contribution in [3.05, 3.63) is 42.5 Å². The predicted molar refractivity (Wildman–Crippen MR) is 113 cm³/mol. The monoisotopic (exact) mass is 437 g/mol. The van der Waals surface area contributed by atoms with E-state index in [0.29, 0.717) is 6.54 Å². The van der Waals surface area contributed by atoms with Gasteiger partial charge in [0, 0.05) is 13.1 Å². The minimum atomic E-state index is -3.74. The van der Waals surface area contributed by atoms with Gasteiger partial charge in [0.25, 0.3) is 0 Å². The van der Waals surface area contributed by atoms with E-state index in [2.05, 4.69) is 14.9 Å². The van der Waals surface area contributed by atoms with Gasteiger partial charge in [0.05, 0.1) is 30.1 Å². The molecule has 2 heterocycles. The van der Waals surface area contributed by atoms with Crippen LogP contribution in [0.25, 0.3) is 0 Å². The lowest BCUT2D eigenvalue weighted by Gasteiger charge is -2.31. The Morgan fingerprint density at radius 2 is 1.87 bits per heavy atom. The van der Waals surface area contributed by atoms with Gasteiger partial charge in [-0.1, -0.05) is 36.8 Å². The van der Waals surface area contributed by atoms with E-state index >= 15 is 0 Å². The number of nitrogens with one attached hydrogen (secondary N) is 2. The van der Waals surface area contributed by atoms with Crippen LogP contribution in [0.3, 0.4) is 0 Å². The summed E-state index contributed by atoms with van der Waals surface area (Å²) >= 11 is 0. The quantitative estimate of drug-likeness (QED) is 0.490. The Morgan fingerprint density at radius 1 is 1.13 bits per heavy atom. The van der Waals surface area contributed by atoms with Crippen LogP contribution in [0.1, 0.15) is 25.7 Å². The fourth-order valence-electron chi connectivity index (χ4n) is 3.75. The van der Waals surface area contributed by atoms with E-state index in [1.807, 2.05) is 0 Å². The zero-order chi connectivity index (χ0) is 21.4. The maximum Gasteiger partial charge on any atom is 0.241 e. The summed E-state index contributed by atoms with van der Waals surface area (Å²) in [5.41, 5.74) is 0. The first-order valence-electron chi connectivity index (χ1n) is 10.5. The minimum Gasteiger partial charge on any atom is -0.394 e. The summed E-state index contributed by atoms with van der Waals surface area (Å²) in [6.45, 7) is 3.25. The zero-order valence-corrected chi connectivity index (χ0v) is 17.9. The summed E-state index contributed by atoms with van der Waals surface area (Å²) in [6.07, 6.45) is 5.90. The summed E-state index contributed by atoms with van der Waals surface area (Å²) in [7, 11) is -3.74. The zero-order valence-electron chi connectivity index (χ0n) is 17.1. The van der Waals surface area contributed by atoms with Crippen LogP contribution in [-0.2, 0) is 19.6 Å².